The van der Waals surface area contributed by atoms with Gasteiger partial charge in [0.15, 0.2) is 6.61 Å². The maximum Gasteiger partial charge on any atom is 0.338 e. The molecule has 0 saturated heterocycles. The van der Waals surface area contributed by atoms with Gasteiger partial charge < -0.3 is 15.0 Å². The molecule has 0 aliphatic carbocycles. The number of hydrogen-bond donors (Lipinski definition) is 1. The number of amides is 2. The second-order valence-corrected chi connectivity index (χ2v) is 5.87. The third-order valence-electron chi connectivity index (χ3n) is 3.95. The van der Waals surface area contributed by atoms with E-state index < -0.39 is 18.5 Å². The molecule has 0 atom stereocenters. The largest absolute Gasteiger partial charge is 0.452 e. The van der Waals surface area contributed by atoms with Crippen LogP contribution >= 0.6 is 0 Å². The Morgan fingerprint density at radius 2 is 1.85 bits per heavy atom. The van der Waals surface area contributed by atoms with Gasteiger partial charge in [-0.05, 0) is 51.1 Å². The number of nitrogens with one attached hydrogen (secondary N) is 1. The third-order valence-corrected chi connectivity index (χ3v) is 3.95. The van der Waals surface area contributed by atoms with Gasteiger partial charge >= 0.3 is 5.97 Å². The predicted molar refractivity (Wildman–Crippen MR) is 99.5 cm³/mol. The zero-order valence-corrected chi connectivity index (χ0v) is 15.8. The maximum absolute atomic E-state index is 12.2. The van der Waals surface area contributed by atoms with Crippen molar-refractivity contribution in [2.24, 2.45) is 0 Å². The molecule has 1 aromatic heterocycles. The summed E-state index contributed by atoms with van der Waals surface area (Å²) in [5.74, 6) is -1.26. The van der Waals surface area contributed by atoms with Crippen molar-refractivity contribution in [3.05, 3.63) is 47.8 Å². The van der Waals surface area contributed by atoms with Crippen LogP contribution in [0.1, 0.15) is 29.9 Å². The molecule has 8 nitrogen and oxygen atoms in total. The van der Waals surface area contributed by atoms with Gasteiger partial charge in [0, 0.05) is 25.0 Å². The second-order valence-electron chi connectivity index (χ2n) is 5.87. The van der Waals surface area contributed by atoms with Crippen molar-refractivity contribution in [3.8, 4) is 5.69 Å². The summed E-state index contributed by atoms with van der Waals surface area (Å²) >= 11 is 0. The SMILES string of the molecule is CCNC(=O)CN(CC)C(=O)COC(=O)c1ccc(-n2nccc2C)cc1. The van der Waals surface area contributed by atoms with Gasteiger partial charge in [0.1, 0.15) is 0 Å². The molecule has 0 fully saturated rings. The van der Waals surface area contributed by atoms with E-state index in [0.29, 0.717) is 18.7 Å². The highest BCUT2D eigenvalue weighted by Crippen LogP contribution is 2.12. The van der Waals surface area contributed by atoms with Crippen LogP contribution in [0.5, 0.6) is 0 Å². The van der Waals surface area contributed by atoms with E-state index in [2.05, 4.69) is 10.4 Å². The fourth-order valence-electron chi connectivity index (χ4n) is 2.48. The average Bonchev–Trinajstić information content (AvgIpc) is 3.10. The lowest BCUT2D eigenvalue weighted by atomic mass is 10.2. The Balaban J connectivity index is 1.92. The Morgan fingerprint density at radius 3 is 2.41 bits per heavy atom. The first-order valence-electron chi connectivity index (χ1n) is 8.78. The first-order chi connectivity index (χ1) is 13.0. The van der Waals surface area contributed by atoms with Crippen LogP contribution in [-0.2, 0) is 14.3 Å². The molecule has 2 amide bonds. The van der Waals surface area contributed by atoms with E-state index in [-0.39, 0.29) is 12.5 Å². The molecule has 8 heteroatoms. The van der Waals surface area contributed by atoms with Gasteiger partial charge in [-0.1, -0.05) is 0 Å². The molecule has 0 spiro atoms. The van der Waals surface area contributed by atoms with Crippen molar-refractivity contribution in [2.45, 2.75) is 20.8 Å². The number of benzene rings is 1. The molecule has 0 aliphatic heterocycles. The molecule has 0 saturated carbocycles. The molecule has 2 rings (SSSR count). The normalized spacial score (nSPS) is 10.3. The molecule has 1 N–H and O–H groups in total. The summed E-state index contributed by atoms with van der Waals surface area (Å²) in [4.78, 5) is 37.3. The summed E-state index contributed by atoms with van der Waals surface area (Å²) in [5.41, 5.74) is 2.13. The summed E-state index contributed by atoms with van der Waals surface area (Å²) in [5, 5.41) is 6.83. The third kappa shape index (κ3) is 5.40. The van der Waals surface area contributed by atoms with Crippen LogP contribution in [0, 0.1) is 6.92 Å². The van der Waals surface area contributed by atoms with E-state index in [0.717, 1.165) is 11.4 Å². The van der Waals surface area contributed by atoms with Crippen LogP contribution in [0.3, 0.4) is 0 Å². The van der Waals surface area contributed by atoms with Gasteiger partial charge in [0.05, 0.1) is 17.8 Å². The Hall–Kier alpha value is -3.16. The number of esters is 1. The monoisotopic (exact) mass is 372 g/mol. The lowest BCUT2D eigenvalue weighted by Crippen LogP contribution is -2.42. The topological polar surface area (TPSA) is 93.5 Å². The maximum atomic E-state index is 12.2. The molecule has 144 valence electrons. The smallest absolute Gasteiger partial charge is 0.338 e. The van der Waals surface area contributed by atoms with Crippen LogP contribution in [-0.4, -0.2) is 58.7 Å². The van der Waals surface area contributed by atoms with E-state index >= 15 is 0 Å². The Morgan fingerprint density at radius 1 is 1.15 bits per heavy atom. The van der Waals surface area contributed by atoms with Crippen LogP contribution in [0.4, 0.5) is 0 Å². The molecule has 27 heavy (non-hydrogen) atoms. The van der Waals surface area contributed by atoms with Crippen molar-refractivity contribution in [1.29, 1.82) is 0 Å². The van der Waals surface area contributed by atoms with Crippen LogP contribution in [0.15, 0.2) is 36.5 Å². The molecule has 1 heterocycles. The number of aryl methyl sites for hydroxylation is 1. The van der Waals surface area contributed by atoms with Crippen molar-refractivity contribution in [3.63, 3.8) is 0 Å². The molecular formula is C19H24N4O4. The van der Waals surface area contributed by atoms with Crippen LogP contribution in [0.25, 0.3) is 5.69 Å². The van der Waals surface area contributed by atoms with Gasteiger partial charge in [-0.2, -0.15) is 5.10 Å². The van der Waals surface area contributed by atoms with E-state index in [4.69, 9.17) is 4.74 Å². The molecular weight excluding hydrogens is 348 g/mol. The summed E-state index contributed by atoms with van der Waals surface area (Å²) < 4.78 is 6.83. The number of rotatable bonds is 8. The molecule has 0 radical (unpaired) electrons. The number of aromatic nitrogens is 2. The average molecular weight is 372 g/mol. The minimum absolute atomic E-state index is 0.0569. The summed E-state index contributed by atoms with van der Waals surface area (Å²) in [6, 6.07) is 8.64. The van der Waals surface area contributed by atoms with Crippen LogP contribution in [0.2, 0.25) is 0 Å². The number of carbonyl (C=O) groups is 3. The summed E-state index contributed by atoms with van der Waals surface area (Å²) in [6.07, 6.45) is 1.70. The number of carbonyl (C=O) groups excluding carboxylic acids is 3. The zero-order chi connectivity index (χ0) is 19.8. The van der Waals surface area contributed by atoms with E-state index in [1.807, 2.05) is 13.0 Å². The first kappa shape index (κ1) is 20.2. The quantitative estimate of drug-likeness (QED) is 0.706. The Bertz CT molecular complexity index is 798. The lowest BCUT2D eigenvalue weighted by Gasteiger charge is -2.20. The van der Waals surface area contributed by atoms with E-state index in [9.17, 15) is 14.4 Å². The zero-order valence-electron chi connectivity index (χ0n) is 15.8. The highest BCUT2D eigenvalue weighted by atomic mass is 16.5. The van der Waals surface area contributed by atoms with Crippen molar-refractivity contribution >= 4 is 17.8 Å². The van der Waals surface area contributed by atoms with Gasteiger partial charge in [-0.25, -0.2) is 9.48 Å². The molecule has 0 bridgehead atoms. The summed E-state index contributed by atoms with van der Waals surface area (Å²) in [7, 11) is 0. The minimum atomic E-state index is -0.596. The number of nitrogens with zero attached hydrogens (tertiary/aromatic N) is 3. The fourth-order valence-corrected chi connectivity index (χ4v) is 2.48. The highest BCUT2D eigenvalue weighted by Gasteiger charge is 2.17. The van der Waals surface area contributed by atoms with Gasteiger partial charge in [-0.3, -0.25) is 9.59 Å². The highest BCUT2D eigenvalue weighted by molar-refractivity contribution is 5.92. The Kier molecular flexibility index (Phi) is 7.10. The number of hydrogen-bond acceptors (Lipinski definition) is 5. The number of likely N-dealkylation sites (N-methyl/N-ethyl adjacent to an activating group) is 2. The first-order valence-corrected chi connectivity index (χ1v) is 8.78. The van der Waals surface area contributed by atoms with Gasteiger partial charge in [-0.15, -0.1) is 0 Å². The van der Waals surface area contributed by atoms with Crippen LogP contribution < -0.4 is 5.32 Å². The van der Waals surface area contributed by atoms with Gasteiger partial charge in [0.25, 0.3) is 5.91 Å². The van der Waals surface area contributed by atoms with Crippen molar-refractivity contribution in [1.82, 2.24) is 20.0 Å². The molecule has 0 unspecified atom stereocenters. The van der Waals surface area contributed by atoms with E-state index in [1.165, 1.54) is 4.90 Å². The van der Waals surface area contributed by atoms with Crippen molar-refractivity contribution < 1.29 is 19.1 Å². The minimum Gasteiger partial charge on any atom is -0.452 e. The standard InChI is InChI=1S/C19H24N4O4/c1-4-20-17(24)12-22(5-2)18(25)13-27-19(26)15-6-8-16(9-7-15)23-14(3)10-11-21-23/h6-11H,4-5,12-13H2,1-3H3,(H,20,24). The second kappa shape index (κ2) is 9.51. The Labute approximate surface area is 158 Å². The number of ether oxygens (including phenoxy) is 1. The molecule has 2 aromatic rings. The van der Waals surface area contributed by atoms with E-state index in [1.54, 1.807) is 49.0 Å². The summed E-state index contributed by atoms with van der Waals surface area (Å²) in [6.45, 7) is 5.87. The lowest BCUT2D eigenvalue weighted by molar-refractivity contribution is -0.138. The molecule has 0 aliphatic rings. The predicted octanol–water partition coefficient (Wildman–Crippen LogP) is 1.32. The fraction of sp³-hybridized carbons (Fsp3) is 0.368. The molecule has 1 aromatic carbocycles. The van der Waals surface area contributed by atoms with Crippen molar-refractivity contribution in [2.75, 3.05) is 26.2 Å². The van der Waals surface area contributed by atoms with Gasteiger partial charge in [0.2, 0.25) is 5.91 Å².